The third-order valence-electron chi connectivity index (χ3n) is 3.11. The number of aromatic nitrogens is 1. The van der Waals surface area contributed by atoms with Crippen LogP contribution in [0.1, 0.15) is 33.5 Å². The number of nitrogens with zero attached hydrogens (tertiary/aromatic N) is 2. The predicted octanol–water partition coefficient (Wildman–Crippen LogP) is 1.84. The lowest BCUT2D eigenvalue weighted by molar-refractivity contribution is -0.151. The Hall–Kier alpha value is -2.03. The quantitative estimate of drug-likeness (QED) is 0.661. The third-order valence-corrected chi connectivity index (χ3v) is 4.01. The Bertz CT molecular complexity index is 592. The molecule has 2 amide bonds. The Balaban J connectivity index is 2.26. The maximum Gasteiger partial charge on any atom is 0.316 e. The van der Waals surface area contributed by atoms with Crippen LogP contribution in [-0.4, -0.2) is 58.0 Å². The van der Waals surface area contributed by atoms with Gasteiger partial charge < -0.3 is 19.5 Å². The molecular weight excluding hydrogens is 346 g/mol. The summed E-state index contributed by atoms with van der Waals surface area (Å²) in [6.07, 6.45) is 0. The van der Waals surface area contributed by atoms with Crippen LogP contribution < -0.4 is 5.32 Å². The molecule has 0 bridgehead atoms. The number of nitrogens with one attached hydrogen (secondary N) is 1. The number of carbonyl (C=O) groups excluding carboxylic acids is 3. The molecule has 1 rings (SSSR count). The van der Waals surface area contributed by atoms with Gasteiger partial charge >= 0.3 is 5.97 Å². The lowest BCUT2D eigenvalue weighted by Gasteiger charge is -2.30. The van der Waals surface area contributed by atoms with Gasteiger partial charge in [-0.15, -0.1) is 11.8 Å². The van der Waals surface area contributed by atoms with E-state index in [1.54, 1.807) is 17.9 Å². The number of rotatable bonds is 9. The maximum absolute atomic E-state index is 12.1. The van der Waals surface area contributed by atoms with Crippen LogP contribution in [0.4, 0.5) is 5.82 Å². The molecule has 0 spiro atoms. The number of hydrogen-bond acceptors (Lipinski definition) is 7. The van der Waals surface area contributed by atoms with E-state index in [4.69, 9.17) is 9.26 Å². The van der Waals surface area contributed by atoms with Crippen LogP contribution in [-0.2, 0) is 19.1 Å². The Kier molecular flexibility index (Phi) is 8.47. The van der Waals surface area contributed by atoms with Crippen LogP contribution in [0.2, 0.25) is 0 Å². The van der Waals surface area contributed by atoms with Crippen molar-refractivity contribution in [3.63, 3.8) is 0 Å². The molecule has 0 radical (unpaired) electrons. The van der Waals surface area contributed by atoms with Crippen LogP contribution in [0.5, 0.6) is 0 Å². The van der Waals surface area contributed by atoms with Crippen molar-refractivity contribution in [1.82, 2.24) is 10.1 Å². The highest BCUT2D eigenvalue weighted by Crippen LogP contribution is 2.09. The largest absolute Gasteiger partial charge is 0.455 e. The summed E-state index contributed by atoms with van der Waals surface area (Å²) in [5.41, 5.74) is 0. The fourth-order valence-corrected chi connectivity index (χ4v) is 2.87. The molecule has 1 heterocycles. The topological polar surface area (TPSA) is 102 Å². The average molecular weight is 371 g/mol. The molecule has 1 N–H and O–H groups in total. The van der Waals surface area contributed by atoms with E-state index in [0.717, 1.165) is 11.8 Å². The minimum absolute atomic E-state index is 0.0120. The first-order chi connectivity index (χ1) is 11.7. The van der Waals surface area contributed by atoms with E-state index in [1.807, 2.05) is 27.7 Å². The van der Waals surface area contributed by atoms with Crippen molar-refractivity contribution >= 4 is 35.4 Å². The first-order valence-electron chi connectivity index (χ1n) is 7.98. The van der Waals surface area contributed by atoms with Crippen LogP contribution in [0, 0.1) is 6.92 Å². The Morgan fingerprint density at radius 3 is 2.40 bits per heavy atom. The number of anilines is 1. The zero-order valence-electron chi connectivity index (χ0n) is 15.2. The van der Waals surface area contributed by atoms with Crippen molar-refractivity contribution in [3.05, 3.63) is 11.8 Å². The maximum atomic E-state index is 12.1. The van der Waals surface area contributed by atoms with Gasteiger partial charge in [-0.05, 0) is 34.6 Å². The van der Waals surface area contributed by atoms with Crippen molar-refractivity contribution in [1.29, 1.82) is 0 Å². The summed E-state index contributed by atoms with van der Waals surface area (Å²) >= 11 is 1.10. The van der Waals surface area contributed by atoms with Gasteiger partial charge in [0.25, 0.3) is 5.91 Å². The number of carbonyl (C=O) groups is 3. The molecule has 0 aliphatic rings. The fraction of sp³-hybridized carbons (Fsp3) is 0.625. The summed E-state index contributed by atoms with van der Waals surface area (Å²) in [5.74, 6) is -0.0841. The number of aryl methyl sites for hydroxylation is 1. The van der Waals surface area contributed by atoms with E-state index in [9.17, 15) is 14.4 Å². The minimum atomic E-state index is -0.532. The number of hydrogen-bond donors (Lipinski definition) is 1. The first-order valence-corrected chi connectivity index (χ1v) is 9.13. The molecule has 25 heavy (non-hydrogen) atoms. The van der Waals surface area contributed by atoms with Crippen LogP contribution >= 0.6 is 11.8 Å². The molecule has 8 nitrogen and oxygen atoms in total. The van der Waals surface area contributed by atoms with E-state index in [2.05, 4.69) is 10.5 Å². The van der Waals surface area contributed by atoms with Crippen molar-refractivity contribution < 1.29 is 23.6 Å². The Morgan fingerprint density at radius 1 is 1.24 bits per heavy atom. The van der Waals surface area contributed by atoms with Crippen molar-refractivity contribution in [2.75, 3.05) is 23.4 Å². The highest BCUT2D eigenvalue weighted by Gasteiger charge is 2.21. The summed E-state index contributed by atoms with van der Waals surface area (Å²) < 4.78 is 9.81. The number of thioether (sulfide) groups is 1. The molecule has 1 aromatic heterocycles. The van der Waals surface area contributed by atoms with E-state index < -0.39 is 5.97 Å². The van der Waals surface area contributed by atoms with E-state index in [-0.39, 0.29) is 42.0 Å². The van der Waals surface area contributed by atoms with Crippen LogP contribution in [0.3, 0.4) is 0 Å². The third kappa shape index (κ3) is 7.59. The molecule has 0 unspecified atom stereocenters. The molecule has 0 atom stereocenters. The van der Waals surface area contributed by atoms with Crippen LogP contribution in [0.25, 0.3) is 0 Å². The zero-order chi connectivity index (χ0) is 19.0. The van der Waals surface area contributed by atoms with Gasteiger partial charge in [-0.1, -0.05) is 5.16 Å². The molecule has 1 aromatic rings. The Morgan fingerprint density at radius 2 is 1.88 bits per heavy atom. The summed E-state index contributed by atoms with van der Waals surface area (Å²) in [5, 5.41) is 6.19. The first kappa shape index (κ1) is 21.0. The number of ether oxygens (including phenoxy) is 1. The van der Waals surface area contributed by atoms with E-state index >= 15 is 0 Å². The highest BCUT2D eigenvalue weighted by molar-refractivity contribution is 8.00. The number of esters is 1. The van der Waals surface area contributed by atoms with Gasteiger partial charge in [0.15, 0.2) is 12.4 Å². The van der Waals surface area contributed by atoms with Gasteiger partial charge in [-0.2, -0.15) is 0 Å². The van der Waals surface area contributed by atoms with Gasteiger partial charge in [0.1, 0.15) is 5.76 Å². The summed E-state index contributed by atoms with van der Waals surface area (Å²) in [4.78, 5) is 37.1. The van der Waals surface area contributed by atoms with Crippen molar-refractivity contribution in [2.24, 2.45) is 0 Å². The predicted molar refractivity (Wildman–Crippen MR) is 95.3 cm³/mol. The lowest BCUT2D eigenvalue weighted by Crippen LogP contribution is -2.44. The summed E-state index contributed by atoms with van der Waals surface area (Å²) in [6.45, 7) is 9.05. The SMILES string of the molecule is Cc1cc(NC(=O)CSCC(=O)OCC(=O)N(C(C)C)C(C)C)no1. The van der Waals surface area contributed by atoms with Gasteiger partial charge in [-0.3, -0.25) is 14.4 Å². The molecule has 0 aliphatic carbocycles. The molecule has 0 aliphatic heterocycles. The monoisotopic (exact) mass is 371 g/mol. The second-order valence-corrected chi connectivity index (χ2v) is 7.00. The van der Waals surface area contributed by atoms with E-state index in [1.165, 1.54) is 0 Å². The summed E-state index contributed by atoms with van der Waals surface area (Å²) in [6, 6.07) is 1.66. The lowest BCUT2D eigenvalue weighted by atomic mass is 10.2. The zero-order valence-corrected chi connectivity index (χ0v) is 16.0. The minimum Gasteiger partial charge on any atom is -0.455 e. The van der Waals surface area contributed by atoms with E-state index in [0.29, 0.717) is 11.6 Å². The van der Waals surface area contributed by atoms with Crippen molar-refractivity contribution in [3.8, 4) is 0 Å². The second-order valence-electron chi connectivity index (χ2n) is 6.01. The van der Waals surface area contributed by atoms with Gasteiger partial charge in [0.05, 0.1) is 11.5 Å². The highest BCUT2D eigenvalue weighted by atomic mass is 32.2. The molecule has 0 saturated heterocycles. The molecule has 0 fully saturated rings. The normalized spacial score (nSPS) is 10.8. The van der Waals surface area contributed by atoms with Gasteiger partial charge in [0, 0.05) is 18.2 Å². The molecular formula is C16H25N3O5S. The van der Waals surface area contributed by atoms with Crippen molar-refractivity contribution in [2.45, 2.75) is 46.7 Å². The number of amides is 2. The van der Waals surface area contributed by atoms with Gasteiger partial charge in [0.2, 0.25) is 5.91 Å². The van der Waals surface area contributed by atoms with Gasteiger partial charge in [-0.25, -0.2) is 0 Å². The van der Waals surface area contributed by atoms with Crippen LogP contribution in [0.15, 0.2) is 10.6 Å². The summed E-state index contributed by atoms with van der Waals surface area (Å²) in [7, 11) is 0. The molecule has 9 heteroatoms. The fourth-order valence-electron chi connectivity index (χ4n) is 2.26. The standard InChI is InChI=1S/C16H25N3O5S/c1-10(2)19(11(3)4)15(21)7-23-16(22)9-25-8-14(20)17-13-6-12(5)24-18-13/h6,10-11H,7-9H2,1-5H3,(H,17,18,20). The average Bonchev–Trinajstić information content (AvgIpc) is 2.89. The molecule has 140 valence electrons. The molecule has 0 aromatic carbocycles. The second kappa shape index (κ2) is 10.1. The molecule has 0 saturated carbocycles. The Labute approximate surface area is 151 Å². The smallest absolute Gasteiger partial charge is 0.316 e.